The van der Waals surface area contributed by atoms with Crippen LogP contribution in [0.4, 0.5) is 0 Å². The van der Waals surface area contributed by atoms with Crippen molar-refractivity contribution in [3.05, 3.63) is 71.9 Å². The van der Waals surface area contributed by atoms with Gasteiger partial charge in [-0.3, -0.25) is 9.78 Å². The van der Waals surface area contributed by atoms with Gasteiger partial charge in [0.05, 0.1) is 30.5 Å². The Bertz CT molecular complexity index is 1080. The fourth-order valence-electron chi connectivity index (χ4n) is 4.80. The van der Waals surface area contributed by atoms with E-state index in [0.717, 1.165) is 60.9 Å². The van der Waals surface area contributed by atoms with Gasteiger partial charge in [-0.15, -0.1) is 11.6 Å². The van der Waals surface area contributed by atoms with E-state index in [-0.39, 0.29) is 23.2 Å². The summed E-state index contributed by atoms with van der Waals surface area (Å²) in [6, 6.07) is 18.1. The number of aromatic nitrogens is 1. The first kappa shape index (κ1) is 24.5. The molecule has 0 saturated carbocycles. The van der Waals surface area contributed by atoms with Gasteiger partial charge < -0.3 is 14.8 Å². The Labute approximate surface area is 206 Å². The summed E-state index contributed by atoms with van der Waals surface area (Å²) in [5.41, 5.74) is 3.23. The number of benzene rings is 2. The fourth-order valence-corrected chi connectivity index (χ4v) is 5.11. The molecule has 3 aromatic rings. The van der Waals surface area contributed by atoms with Crippen LogP contribution in [0, 0.1) is 11.8 Å². The van der Waals surface area contributed by atoms with Crippen LogP contribution in [-0.4, -0.2) is 37.8 Å². The largest absolute Gasteiger partial charge is 0.497 e. The van der Waals surface area contributed by atoms with Gasteiger partial charge in [-0.05, 0) is 80.0 Å². The molecule has 2 heterocycles. The van der Waals surface area contributed by atoms with Crippen molar-refractivity contribution in [1.82, 2.24) is 10.3 Å². The van der Waals surface area contributed by atoms with Crippen LogP contribution in [0.3, 0.4) is 0 Å². The highest BCUT2D eigenvalue weighted by Crippen LogP contribution is 2.36. The Morgan fingerprint density at radius 1 is 1.21 bits per heavy atom. The Morgan fingerprint density at radius 2 is 2.06 bits per heavy atom. The molecule has 1 aliphatic rings. The maximum absolute atomic E-state index is 12.9. The number of carbonyl (C=O) groups is 1. The van der Waals surface area contributed by atoms with Crippen LogP contribution < -0.4 is 10.1 Å². The molecule has 2 aromatic carbocycles. The van der Waals surface area contributed by atoms with Crippen LogP contribution in [0.15, 0.2) is 60.8 Å². The Kier molecular flexibility index (Phi) is 8.78. The number of esters is 1. The van der Waals surface area contributed by atoms with Crippen LogP contribution >= 0.6 is 11.6 Å². The number of methoxy groups -OCH3 is 1. The number of nitrogens with one attached hydrogen (secondary N) is 1. The molecule has 0 spiro atoms. The molecule has 34 heavy (non-hydrogen) atoms. The van der Waals surface area contributed by atoms with Gasteiger partial charge in [-0.25, -0.2) is 0 Å². The number of hydrogen-bond donors (Lipinski definition) is 1. The van der Waals surface area contributed by atoms with E-state index in [4.69, 9.17) is 21.1 Å². The zero-order valence-electron chi connectivity index (χ0n) is 19.7. The van der Waals surface area contributed by atoms with Crippen LogP contribution in [0.2, 0.25) is 0 Å². The molecule has 1 aliphatic heterocycles. The number of rotatable bonds is 10. The number of pyridine rings is 1. The first-order valence-corrected chi connectivity index (χ1v) is 12.6. The number of halogens is 1. The third-order valence-electron chi connectivity index (χ3n) is 6.74. The lowest BCUT2D eigenvalue weighted by molar-refractivity contribution is -0.151. The smallest absolute Gasteiger partial charge is 0.310 e. The summed E-state index contributed by atoms with van der Waals surface area (Å²) in [6.45, 7) is 2.05. The molecule has 0 radical (unpaired) electrons. The molecule has 0 aliphatic carbocycles. The SMILES string of the molecule is COc1ccc2nccc([C@H](Cl)CC[C@@H]3CCNC[C@@H]3C(=O)OCCCc3ccccc3)c2c1. The van der Waals surface area contributed by atoms with Gasteiger partial charge in [0.25, 0.3) is 0 Å². The molecule has 5 nitrogen and oxygen atoms in total. The highest BCUT2D eigenvalue weighted by atomic mass is 35.5. The van der Waals surface area contributed by atoms with Crippen LogP contribution in [-0.2, 0) is 16.0 Å². The van der Waals surface area contributed by atoms with E-state index >= 15 is 0 Å². The number of hydrogen-bond acceptors (Lipinski definition) is 5. The van der Waals surface area contributed by atoms with Crippen molar-refractivity contribution in [2.24, 2.45) is 11.8 Å². The molecule has 1 N–H and O–H groups in total. The van der Waals surface area contributed by atoms with Crippen LogP contribution in [0.5, 0.6) is 5.75 Å². The lowest BCUT2D eigenvalue weighted by atomic mass is 9.82. The second-order valence-electron chi connectivity index (χ2n) is 8.94. The lowest BCUT2D eigenvalue weighted by Crippen LogP contribution is -2.41. The second-order valence-corrected chi connectivity index (χ2v) is 9.47. The van der Waals surface area contributed by atoms with E-state index in [1.54, 1.807) is 13.3 Å². The standard InChI is InChI=1S/C28H33ClN2O3/c1-33-22-10-12-27-24(18-22)23(14-16-31-27)26(29)11-9-21-13-15-30-19-25(21)28(32)34-17-5-8-20-6-3-2-4-7-20/h2-4,6-7,10,12,14,16,18,21,25-26,30H,5,8-9,11,13,15,17,19H2,1H3/t21-,25+,26-/m1/s1. The molecule has 0 unspecified atom stereocenters. The molecule has 3 atom stereocenters. The monoisotopic (exact) mass is 480 g/mol. The highest BCUT2D eigenvalue weighted by molar-refractivity contribution is 6.21. The van der Waals surface area contributed by atoms with Crippen molar-refractivity contribution in [2.45, 2.75) is 37.5 Å². The van der Waals surface area contributed by atoms with Gasteiger partial charge >= 0.3 is 5.97 Å². The molecular formula is C28H33ClN2O3. The van der Waals surface area contributed by atoms with E-state index in [9.17, 15) is 4.79 Å². The molecule has 0 bridgehead atoms. The van der Waals surface area contributed by atoms with Gasteiger partial charge in [0.15, 0.2) is 0 Å². The minimum absolute atomic E-state index is 0.0875. The molecule has 1 fully saturated rings. The average Bonchev–Trinajstić information content (AvgIpc) is 2.89. The quantitative estimate of drug-likeness (QED) is 0.229. The van der Waals surface area contributed by atoms with E-state index < -0.39 is 0 Å². The number of piperidine rings is 1. The van der Waals surface area contributed by atoms with Gasteiger partial charge in [-0.2, -0.15) is 0 Å². The molecular weight excluding hydrogens is 448 g/mol. The highest BCUT2D eigenvalue weighted by Gasteiger charge is 2.32. The minimum atomic E-state index is -0.157. The van der Waals surface area contributed by atoms with Crippen molar-refractivity contribution in [2.75, 3.05) is 26.8 Å². The summed E-state index contributed by atoms with van der Waals surface area (Å²) in [5, 5.41) is 4.22. The first-order valence-electron chi connectivity index (χ1n) is 12.1. The van der Waals surface area contributed by atoms with Gasteiger partial charge in [0, 0.05) is 18.1 Å². The fraction of sp³-hybridized carbons (Fsp3) is 0.429. The number of ether oxygens (including phenoxy) is 2. The number of nitrogens with zero attached hydrogens (tertiary/aromatic N) is 1. The van der Waals surface area contributed by atoms with E-state index in [0.29, 0.717) is 13.2 Å². The Morgan fingerprint density at radius 3 is 2.88 bits per heavy atom. The second kappa shape index (κ2) is 12.2. The summed E-state index contributed by atoms with van der Waals surface area (Å²) in [7, 11) is 1.66. The van der Waals surface area contributed by atoms with E-state index in [2.05, 4.69) is 22.4 Å². The Hall–Kier alpha value is -2.63. The molecule has 1 aromatic heterocycles. The maximum Gasteiger partial charge on any atom is 0.310 e. The zero-order chi connectivity index (χ0) is 23.8. The number of fused-ring (bicyclic) bond motifs is 1. The zero-order valence-corrected chi connectivity index (χ0v) is 20.5. The predicted molar refractivity (Wildman–Crippen MR) is 136 cm³/mol. The number of alkyl halides is 1. The summed E-state index contributed by atoms with van der Waals surface area (Å²) >= 11 is 6.89. The van der Waals surface area contributed by atoms with Gasteiger partial charge in [0.1, 0.15) is 5.75 Å². The first-order chi connectivity index (χ1) is 16.7. The summed E-state index contributed by atoms with van der Waals surface area (Å²) in [4.78, 5) is 17.3. The van der Waals surface area contributed by atoms with Crippen molar-refractivity contribution in [1.29, 1.82) is 0 Å². The van der Waals surface area contributed by atoms with Crippen LogP contribution in [0.1, 0.15) is 42.2 Å². The molecule has 0 amide bonds. The number of aryl methyl sites for hydroxylation is 1. The average molecular weight is 481 g/mol. The summed E-state index contributed by atoms with van der Waals surface area (Å²) in [6.07, 6.45) is 6.19. The maximum atomic E-state index is 12.9. The van der Waals surface area contributed by atoms with Crippen molar-refractivity contribution in [3.63, 3.8) is 0 Å². The molecule has 4 rings (SSSR count). The topological polar surface area (TPSA) is 60.5 Å². The van der Waals surface area contributed by atoms with Crippen molar-refractivity contribution < 1.29 is 14.3 Å². The molecule has 180 valence electrons. The summed E-state index contributed by atoms with van der Waals surface area (Å²) < 4.78 is 11.1. The van der Waals surface area contributed by atoms with Crippen LogP contribution in [0.25, 0.3) is 10.9 Å². The number of carbonyl (C=O) groups excluding carboxylic acids is 1. The molecule has 1 saturated heterocycles. The minimum Gasteiger partial charge on any atom is -0.497 e. The lowest BCUT2D eigenvalue weighted by Gasteiger charge is -2.31. The van der Waals surface area contributed by atoms with Gasteiger partial charge in [-0.1, -0.05) is 30.3 Å². The van der Waals surface area contributed by atoms with E-state index in [1.807, 2.05) is 42.5 Å². The van der Waals surface area contributed by atoms with Crippen molar-refractivity contribution >= 4 is 28.5 Å². The predicted octanol–water partition coefficient (Wildman–Crippen LogP) is 5.71. The van der Waals surface area contributed by atoms with Crippen molar-refractivity contribution in [3.8, 4) is 5.75 Å². The normalized spacial score (nSPS) is 19.0. The molecule has 6 heteroatoms. The van der Waals surface area contributed by atoms with Gasteiger partial charge in [0.2, 0.25) is 0 Å². The Balaban J connectivity index is 1.32. The van der Waals surface area contributed by atoms with E-state index in [1.165, 1.54) is 5.56 Å². The third-order valence-corrected chi connectivity index (χ3v) is 7.19. The third kappa shape index (κ3) is 6.28. The summed E-state index contributed by atoms with van der Waals surface area (Å²) in [5.74, 6) is 0.852.